The maximum absolute atomic E-state index is 12.2. The van der Waals surface area contributed by atoms with Gasteiger partial charge in [-0.15, -0.1) is 11.8 Å². The van der Waals surface area contributed by atoms with E-state index in [4.69, 9.17) is 23.7 Å². The van der Waals surface area contributed by atoms with E-state index >= 15 is 0 Å². The number of carbonyl (C=O) groups is 4. The second-order valence-electron chi connectivity index (χ2n) is 5.89. The topological polar surface area (TPSA) is 114 Å². The average molecular weight is 406 g/mol. The molecule has 1 rings (SSSR count). The van der Waals surface area contributed by atoms with Crippen LogP contribution >= 0.6 is 11.8 Å². The molecule has 0 amide bonds. The van der Waals surface area contributed by atoms with Crippen LogP contribution in [0.3, 0.4) is 0 Å². The van der Waals surface area contributed by atoms with Gasteiger partial charge >= 0.3 is 23.9 Å². The summed E-state index contributed by atoms with van der Waals surface area (Å²) in [6.07, 6.45) is -3.11. The van der Waals surface area contributed by atoms with Gasteiger partial charge in [0, 0.05) is 20.8 Å². The van der Waals surface area contributed by atoms with Crippen LogP contribution in [-0.2, 0) is 42.9 Å². The molecular formula is C17H26O9S. The average Bonchev–Trinajstić information content (AvgIpc) is 2.57. The first-order valence-corrected chi connectivity index (χ1v) is 9.62. The number of esters is 4. The normalized spacial score (nSPS) is 27.4. The summed E-state index contributed by atoms with van der Waals surface area (Å²) in [4.78, 5) is 46.9. The maximum Gasteiger partial charge on any atom is 0.339 e. The molecule has 0 unspecified atom stereocenters. The van der Waals surface area contributed by atoms with Gasteiger partial charge in [-0.05, 0) is 12.2 Å². The largest absolute Gasteiger partial charge is 0.467 e. The molecule has 27 heavy (non-hydrogen) atoms. The van der Waals surface area contributed by atoms with E-state index < -0.39 is 53.7 Å². The predicted octanol–water partition coefficient (Wildman–Crippen LogP) is 1.21. The molecule has 9 nitrogen and oxygen atoms in total. The highest BCUT2D eigenvalue weighted by atomic mass is 32.2. The number of rotatable bonds is 8. The Morgan fingerprint density at radius 3 is 1.89 bits per heavy atom. The van der Waals surface area contributed by atoms with Crippen LogP contribution in [0.5, 0.6) is 0 Å². The third-order valence-corrected chi connectivity index (χ3v) is 4.85. The third-order valence-electron chi connectivity index (χ3n) is 3.61. The number of unbranched alkanes of at least 4 members (excludes halogenated alkanes) is 1. The Morgan fingerprint density at radius 2 is 1.41 bits per heavy atom. The first-order chi connectivity index (χ1) is 12.7. The minimum atomic E-state index is -1.32. The molecule has 0 bridgehead atoms. The molecule has 1 aliphatic rings. The van der Waals surface area contributed by atoms with Crippen LogP contribution in [0, 0.1) is 0 Å². The molecule has 1 saturated heterocycles. The van der Waals surface area contributed by atoms with Crippen LogP contribution in [0.25, 0.3) is 0 Å². The Hall–Kier alpha value is -1.81. The van der Waals surface area contributed by atoms with Crippen LogP contribution in [0.4, 0.5) is 0 Å². The highest BCUT2D eigenvalue weighted by Crippen LogP contribution is 2.34. The standard InChI is InChI=1S/C17H26O9S/c1-6-7-8-27-17-15(25-11(4)20)13(24-10(3)19)12(23-9(2)18)14(26-17)16(21)22-5/h12-15,17H,6-8H2,1-5H3/t12-,13-,14-,15+,17-/m0/s1. The van der Waals surface area contributed by atoms with Crippen LogP contribution in [-0.4, -0.2) is 66.6 Å². The fourth-order valence-corrected chi connectivity index (χ4v) is 3.84. The molecule has 1 heterocycles. The van der Waals surface area contributed by atoms with Crippen molar-refractivity contribution in [1.29, 1.82) is 0 Å². The summed E-state index contributed by atoms with van der Waals surface area (Å²) < 4.78 is 26.3. The van der Waals surface area contributed by atoms with Gasteiger partial charge in [-0.1, -0.05) is 13.3 Å². The van der Waals surface area contributed by atoms with Crippen LogP contribution in [0.2, 0.25) is 0 Å². The van der Waals surface area contributed by atoms with Gasteiger partial charge in [0.15, 0.2) is 24.4 Å². The third kappa shape index (κ3) is 7.02. The van der Waals surface area contributed by atoms with Gasteiger partial charge < -0.3 is 23.7 Å². The lowest BCUT2D eigenvalue weighted by atomic mass is 9.99. The molecule has 5 atom stereocenters. The van der Waals surface area contributed by atoms with Gasteiger partial charge in [-0.25, -0.2) is 4.79 Å². The quantitative estimate of drug-likeness (QED) is 0.331. The highest BCUT2D eigenvalue weighted by Gasteiger charge is 2.54. The highest BCUT2D eigenvalue weighted by molar-refractivity contribution is 7.99. The molecule has 10 heteroatoms. The second kappa shape index (κ2) is 11.1. The van der Waals surface area contributed by atoms with Crippen molar-refractivity contribution in [1.82, 2.24) is 0 Å². The van der Waals surface area contributed by atoms with Crippen molar-refractivity contribution >= 4 is 35.6 Å². The van der Waals surface area contributed by atoms with Crippen LogP contribution in [0.15, 0.2) is 0 Å². The van der Waals surface area contributed by atoms with Gasteiger partial charge in [0.05, 0.1) is 7.11 Å². The van der Waals surface area contributed by atoms with Crippen molar-refractivity contribution < 1.29 is 42.9 Å². The molecule has 0 radical (unpaired) electrons. The maximum atomic E-state index is 12.2. The Balaban J connectivity index is 3.27. The van der Waals surface area contributed by atoms with Crippen molar-refractivity contribution in [3.63, 3.8) is 0 Å². The molecule has 1 fully saturated rings. The molecule has 0 N–H and O–H groups in total. The lowest BCUT2D eigenvalue weighted by Gasteiger charge is -2.43. The van der Waals surface area contributed by atoms with E-state index in [0.717, 1.165) is 33.8 Å². The van der Waals surface area contributed by atoms with E-state index in [9.17, 15) is 19.2 Å². The van der Waals surface area contributed by atoms with Gasteiger partial charge in [0.2, 0.25) is 0 Å². The minimum absolute atomic E-state index is 0.625. The van der Waals surface area contributed by atoms with Gasteiger partial charge in [0.1, 0.15) is 5.44 Å². The molecule has 0 saturated carbocycles. The summed E-state index contributed by atoms with van der Waals surface area (Å²) in [5.41, 5.74) is -0.805. The van der Waals surface area contributed by atoms with Crippen LogP contribution in [0.1, 0.15) is 40.5 Å². The van der Waals surface area contributed by atoms with E-state index in [-0.39, 0.29) is 0 Å². The molecule has 1 aliphatic heterocycles. The molecule has 154 valence electrons. The zero-order chi connectivity index (χ0) is 20.6. The number of carbonyl (C=O) groups excluding carboxylic acids is 4. The summed E-state index contributed by atoms with van der Waals surface area (Å²) in [5, 5.41) is 0. The zero-order valence-corrected chi connectivity index (χ0v) is 16.9. The first kappa shape index (κ1) is 23.2. The van der Waals surface area contributed by atoms with Crippen molar-refractivity contribution in [2.75, 3.05) is 12.9 Å². The summed E-state index contributed by atoms with van der Waals surface area (Å²) in [6, 6.07) is 0. The second-order valence-corrected chi connectivity index (χ2v) is 7.10. The van der Waals surface area contributed by atoms with E-state index in [1.807, 2.05) is 6.92 Å². The van der Waals surface area contributed by atoms with Gasteiger partial charge in [-0.2, -0.15) is 0 Å². The fraction of sp³-hybridized carbons (Fsp3) is 0.765. The zero-order valence-electron chi connectivity index (χ0n) is 16.1. The summed E-state index contributed by atoms with van der Waals surface area (Å²) in [7, 11) is 1.16. The van der Waals surface area contributed by atoms with E-state index in [1.54, 1.807) is 0 Å². The van der Waals surface area contributed by atoms with Gasteiger partial charge in [0.25, 0.3) is 0 Å². The lowest BCUT2D eigenvalue weighted by Crippen LogP contribution is -2.62. The smallest absolute Gasteiger partial charge is 0.339 e. The molecule has 0 aromatic rings. The number of hydrogen-bond acceptors (Lipinski definition) is 10. The Bertz CT molecular complexity index is 551. The number of thioether (sulfide) groups is 1. The number of methoxy groups -OCH3 is 1. The van der Waals surface area contributed by atoms with Crippen molar-refractivity contribution in [2.45, 2.75) is 70.4 Å². The first-order valence-electron chi connectivity index (χ1n) is 8.57. The van der Waals surface area contributed by atoms with Crippen LogP contribution < -0.4 is 0 Å². The number of ether oxygens (including phenoxy) is 5. The van der Waals surface area contributed by atoms with Crippen molar-refractivity contribution in [3.8, 4) is 0 Å². The Kier molecular flexibility index (Phi) is 9.57. The van der Waals surface area contributed by atoms with E-state index in [0.29, 0.717) is 5.75 Å². The molecule has 0 aliphatic carbocycles. The molecule has 0 spiro atoms. The van der Waals surface area contributed by atoms with Gasteiger partial charge in [-0.3, -0.25) is 14.4 Å². The lowest BCUT2D eigenvalue weighted by molar-refractivity contribution is -0.235. The summed E-state index contributed by atoms with van der Waals surface area (Å²) in [6.45, 7) is 5.52. The van der Waals surface area contributed by atoms with E-state index in [2.05, 4.69) is 0 Å². The Labute approximate surface area is 162 Å². The monoisotopic (exact) mass is 406 g/mol. The molecular weight excluding hydrogens is 380 g/mol. The predicted molar refractivity (Wildman–Crippen MR) is 94.7 cm³/mol. The minimum Gasteiger partial charge on any atom is -0.467 e. The Morgan fingerprint density at radius 1 is 0.889 bits per heavy atom. The SMILES string of the molecule is CCCCS[C@@H]1O[C@H](C(=O)OC)[C@@H](OC(C)=O)[C@H](OC(C)=O)[C@H]1OC(C)=O. The number of hydrogen-bond donors (Lipinski definition) is 0. The summed E-state index contributed by atoms with van der Waals surface area (Å²) in [5.74, 6) is -2.15. The van der Waals surface area contributed by atoms with Crippen molar-refractivity contribution in [2.24, 2.45) is 0 Å². The molecule has 0 aromatic heterocycles. The van der Waals surface area contributed by atoms with E-state index in [1.165, 1.54) is 18.7 Å². The summed E-state index contributed by atoms with van der Waals surface area (Å²) >= 11 is 1.32. The van der Waals surface area contributed by atoms with Crippen molar-refractivity contribution in [3.05, 3.63) is 0 Å². The fourth-order valence-electron chi connectivity index (χ4n) is 2.56. The molecule has 0 aromatic carbocycles.